The van der Waals surface area contributed by atoms with E-state index in [1.165, 1.54) is 0 Å². The summed E-state index contributed by atoms with van der Waals surface area (Å²) in [5.41, 5.74) is 1.56. The standard InChI is InChI=1S/C15H8O3.H2O/c16-8-9-4-3-7-12-13(9)15(18)11-6-2-1-5-10(11)14(12)17;/h1-3,5-7H,4H2;1H2. The normalized spacial score (nSPS) is 16.5. The summed E-state index contributed by atoms with van der Waals surface area (Å²) in [5, 5.41) is 0. The minimum Gasteiger partial charge on any atom is -0.412 e. The van der Waals surface area contributed by atoms with E-state index >= 15 is 0 Å². The molecule has 0 saturated carbocycles. The van der Waals surface area contributed by atoms with Crippen LogP contribution in [0, 0.1) is 0 Å². The maximum atomic E-state index is 12.3. The van der Waals surface area contributed by atoms with Crippen LogP contribution in [0.25, 0.3) is 0 Å². The van der Waals surface area contributed by atoms with Gasteiger partial charge in [-0.3, -0.25) is 9.59 Å². The number of carbonyl (C=O) groups excluding carboxylic acids is 3. The lowest BCUT2D eigenvalue weighted by Gasteiger charge is -2.21. The Labute approximate surface area is 109 Å². The zero-order valence-corrected chi connectivity index (χ0v) is 9.90. The molecule has 0 unspecified atom stereocenters. The summed E-state index contributed by atoms with van der Waals surface area (Å²) in [7, 11) is 0. The number of rotatable bonds is 0. The van der Waals surface area contributed by atoms with Crippen LogP contribution in [0.15, 0.2) is 53.1 Å². The number of Topliss-reactive ketones (excluding diaryl/α,β-unsaturated/α-hetero) is 2. The fourth-order valence-corrected chi connectivity index (χ4v) is 2.34. The zero-order chi connectivity index (χ0) is 12.7. The summed E-state index contributed by atoms with van der Waals surface area (Å²) in [4.78, 5) is 35.5. The molecule has 0 heterocycles. The highest BCUT2D eigenvalue weighted by Crippen LogP contribution is 2.33. The number of hydrogen-bond acceptors (Lipinski definition) is 3. The Morgan fingerprint density at radius 3 is 2.26 bits per heavy atom. The molecule has 0 atom stereocenters. The average Bonchev–Trinajstić information content (AvgIpc) is 2.44. The highest BCUT2D eigenvalue weighted by molar-refractivity contribution is 6.30. The van der Waals surface area contributed by atoms with E-state index in [-0.39, 0.29) is 28.2 Å². The third-order valence-electron chi connectivity index (χ3n) is 3.19. The molecular weight excluding hydrogens is 244 g/mol. The van der Waals surface area contributed by atoms with Crippen LogP contribution < -0.4 is 0 Å². The second-order valence-electron chi connectivity index (χ2n) is 4.18. The van der Waals surface area contributed by atoms with E-state index in [1.54, 1.807) is 42.4 Å². The van der Waals surface area contributed by atoms with Crippen molar-refractivity contribution in [1.29, 1.82) is 0 Å². The van der Waals surface area contributed by atoms with Crippen LogP contribution in [0.5, 0.6) is 0 Å². The van der Waals surface area contributed by atoms with E-state index in [4.69, 9.17) is 0 Å². The van der Waals surface area contributed by atoms with E-state index in [2.05, 4.69) is 0 Å². The molecule has 0 amide bonds. The van der Waals surface area contributed by atoms with Crippen LogP contribution >= 0.6 is 0 Å². The highest BCUT2D eigenvalue weighted by Gasteiger charge is 2.33. The number of hydrogen-bond donors (Lipinski definition) is 0. The van der Waals surface area contributed by atoms with Crippen molar-refractivity contribution in [2.45, 2.75) is 6.42 Å². The van der Waals surface area contributed by atoms with E-state index in [0.717, 1.165) is 0 Å². The Hall–Kier alpha value is -2.55. The number of allylic oxidation sites excluding steroid dienone is 5. The van der Waals surface area contributed by atoms with Crippen LogP contribution in [-0.2, 0) is 4.79 Å². The predicted octanol–water partition coefficient (Wildman–Crippen LogP) is 1.26. The first kappa shape index (κ1) is 12.9. The molecule has 1 aromatic rings. The quantitative estimate of drug-likeness (QED) is 0.653. The molecule has 94 valence electrons. The summed E-state index contributed by atoms with van der Waals surface area (Å²) in [5.74, 6) is 1.30. The summed E-state index contributed by atoms with van der Waals surface area (Å²) in [6, 6.07) is 6.67. The van der Waals surface area contributed by atoms with Gasteiger partial charge in [-0.05, 0) is 0 Å². The Morgan fingerprint density at radius 2 is 1.63 bits per heavy atom. The molecule has 0 aromatic heterocycles. The van der Waals surface area contributed by atoms with Crippen LogP contribution in [-0.4, -0.2) is 23.0 Å². The van der Waals surface area contributed by atoms with Crippen LogP contribution in [0.4, 0.5) is 0 Å². The summed E-state index contributed by atoms with van der Waals surface area (Å²) < 4.78 is 0. The maximum Gasteiger partial charge on any atom is 0.195 e. The molecule has 1 aromatic carbocycles. The van der Waals surface area contributed by atoms with Gasteiger partial charge in [0.1, 0.15) is 5.94 Å². The fourth-order valence-electron chi connectivity index (χ4n) is 2.34. The topological polar surface area (TPSA) is 82.7 Å². The SMILES string of the molecule is O.O=C=C1CC=CC2=C1C(=O)c1ccccc1C2=O. The van der Waals surface area contributed by atoms with Gasteiger partial charge in [0.15, 0.2) is 11.6 Å². The maximum absolute atomic E-state index is 12.3. The van der Waals surface area contributed by atoms with Gasteiger partial charge in [-0.1, -0.05) is 36.4 Å². The molecule has 4 heteroatoms. The predicted molar refractivity (Wildman–Crippen MR) is 68.7 cm³/mol. The van der Waals surface area contributed by atoms with Gasteiger partial charge >= 0.3 is 0 Å². The largest absolute Gasteiger partial charge is 0.412 e. The van der Waals surface area contributed by atoms with Gasteiger partial charge < -0.3 is 5.48 Å². The molecule has 0 saturated heterocycles. The van der Waals surface area contributed by atoms with Crippen molar-refractivity contribution in [3.8, 4) is 0 Å². The lowest BCUT2D eigenvalue weighted by atomic mass is 9.78. The molecule has 2 aliphatic rings. The number of carbonyl (C=O) groups is 2. The van der Waals surface area contributed by atoms with Crippen molar-refractivity contribution < 1.29 is 19.9 Å². The summed E-state index contributed by atoms with van der Waals surface area (Å²) in [6.45, 7) is 0. The fraction of sp³-hybridized carbons (Fsp3) is 0.0667. The zero-order valence-electron chi connectivity index (χ0n) is 9.90. The molecule has 19 heavy (non-hydrogen) atoms. The number of fused-ring (bicyclic) bond motifs is 1. The van der Waals surface area contributed by atoms with Gasteiger partial charge in [0.2, 0.25) is 0 Å². The smallest absolute Gasteiger partial charge is 0.195 e. The van der Waals surface area contributed by atoms with Crippen molar-refractivity contribution in [3.63, 3.8) is 0 Å². The first-order valence-corrected chi connectivity index (χ1v) is 5.57. The van der Waals surface area contributed by atoms with Crippen molar-refractivity contribution >= 4 is 17.5 Å². The number of ketones is 2. The lowest BCUT2D eigenvalue weighted by molar-refractivity contribution is 0.0979. The van der Waals surface area contributed by atoms with Gasteiger partial charge in [-0.25, -0.2) is 4.79 Å². The lowest BCUT2D eigenvalue weighted by Crippen LogP contribution is -2.23. The molecule has 0 radical (unpaired) electrons. The minimum atomic E-state index is -0.261. The Bertz CT molecular complexity index is 701. The van der Waals surface area contributed by atoms with Gasteiger partial charge in [0.05, 0.1) is 5.57 Å². The van der Waals surface area contributed by atoms with Gasteiger partial charge in [0.25, 0.3) is 0 Å². The molecule has 2 N–H and O–H groups in total. The van der Waals surface area contributed by atoms with Gasteiger partial charge in [-0.15, -0.1) is 0 Å². The van der Waals surface area contributed by atoms with E-state index < -0.39 is 0 Å². The number of benzene rings is 1. The van der Waals surface area contributed by atoms with Gasteiger partial charge in [-0.2, -0.15) is 0 Å². The molecule has 0 bridgehead atoms. The third kappa shape index (κ3) is 1.71. The van der Waals surface area contributed by atoms with Crippen molar-refractivity contribution in [1.82, 2.24) is 0 Å². The van der Waals surface area contributed by atoms with E-state index in [0.29, 0.717) is 23.1 Å². The highest BCUT2D eigenvalue weighted by atomic mass is 16.1. The minimum absolute atomic E-state index is 0. The second kappa shape index (κ2) is 4.61. The van der Waals surface area contributed by atoms with E-state index in [1.807, 2.05) is 0 Å². The molecular formula is C15H10O4. The van der Waals surface area contributed by atoms with Crippen LogP contribution in [0.1, 0.15) is 27.1 Å². The van der Waals surface area contributed by atoms with E-state index in [9.17, 15) is 14.4 Å². The first-order chi connectivity index (χ1) is 8.74. The average molecular weight is 254 g/mol. The Kier molecular flexibility index (Phi) is 3.13. The Balaban J connectivity index is 0.00000133. The molecule has 4 nitrogen and oxygen atoms in total. The summed E-state index contributed by atoms with van der Waals surface area (Å²) in [6.07, 6.45) is 3.67. The molecule has 0 aliphatic heterocycles. The molecule has 0 spiro atoms. The van der Waals surface area contributed by atoms with Crippen molar-refractivity contribution in [2.24, 2.45) is 0 Å². The Morgan fingerprint density at radius 1 is 1.00 bits per heavy atom. The van der Waals surface area contributed by atoms with Crippen molar-refractivity contribution in [3.05, 3.63) is 64.3 Å². The third-order valence-corrected chi connectivity index (χ3v) is 3.19. The molecule has 3 rings (SSSR count). The van der Waals surface area contributed by atoms with Crippen LogP contribution in [0.2, 0.25) is 0 Å². The summed E-state index contributed by atoms with van der Waals surface area (Å²) >= 11 is 0. The molecule has 2 aliphatic carbocycles. The monoisotopic (exact) mass is 254 g/mol. The second-order valence-corrected chi connectivity index (χ2v) is 4.18. The van der Waals surface area contributed by atoms with Crippen LogP contribution in [0.3, 0.4) is 0 Å². The van der Waals surface area contributed by atoms with Gasteiger partial charge in [0, 0.05) is 28.7 Å². The first-order valence-electron chi connectivity index (χ1n) is 5.57. The molecule has 0 fully saturated rings. The van der Waals surface area contributed by atoms with Crippen molar-refractivity contribution in [2.75, 3.05) is 0 Å².